The maximum Gasteiger partial charge on any atom is 0.306 e. The van der Waals surface area contributed by atoms with Crippen molar-refractivity contribution in [1.29, 1.82) is 0 Å². The summed E-state index contributed by atoms with van der Waals surface area (Å²) < 4.78 is 17.7. The number of hydrogen-bond acceptors (Lipinski definition) is 10. The van der Waals surface area contributed by atoms with E-state index in [1.165, 1.54) is 173 Å². The molecule has 11 nitrogen and oxygen atoms in total. The number of allylic oxidation sites excluding steroid dienone is 13. The first-order valence-electron chi connectivity index (χ1n) is 36.4. The molecule has 1 aliphatic heterocycles. The molecule has 87 heavy (non-hydrogen) atoms. The molecule has 0 aromatic carbocycles. The Hall–Kier alpha value is -3.16. The lowest BCUT2D eigenvalue weighted by atomic mass is 9.99. The highest BCUT2D eigenvalue weighted by atomic mass is 16.7. The Morgan fingerprint density at radius 2 is 0.828 bits per heavy atom. The van der Waals surface area contributed by atoms with Gasteiger partial charge in [0.05, 0.1) is 25.4 Å². The van der Waals surface area contributed by atoms with Crippen molar-refractivity contribution in [3.8, 4) is 0 Å². The topological polar surface area (TPSA) is 175 Å². The smallest absolute Gasteiger partial charge is 0.306 e. The monoisotopic (exact) mass is 1220 g/mol. The van der Waals surface area contributed by atoms with Crippen LogP contribution >= 0.6 is 0 Å². The van der Waals surface area contributed by atoms with Gasteiger partial charge in [0.1, 0.15) is 24.4 Å². The molecular formula is C76H135NO10. The zero-order valence-corrected chi connectivity index (χ0v) is 56.1. The minimum Gasteiger partial charge on any atom is -0.454 e. The van der Waals surface area contributed by atoms with Crippen LogP contribution < -0.4 is 5.32 Å². The quantitative estimate of drug-likeness (QED) is 0.0195. The molecule has 0 aromatic rings. The Kier molecular flexibility index (Phi) is 59.3. The Bertz CT molecular complexity index is 1740. The number of aliphatic hydroxyl groups is 5. The van der Waals surface area contributed by atoms with Crippen molar-refractivity contribution in [3.05, 3.63) is 85.1 Å². The molecule has 6 N–H and O–H groups in total. The van der Waals surface area contributed by atoms with Gasteiger partial charge in [-0.15, -0.1) is 0 Å². The molecule has 8 atom stereocenters. The highest BCUT2D eigenvalue weighted by Gasteiger charge is 2.47. The van der Waals surface area contributed by atoms with Crippen LogP contribution in [0, 0.1) is 0 Å². The van der Waals surface area contributed by atoms with Crippen LogP contribution in [0.3, 0.4) is 0 Å². The van der Waals surface area contributed by atoms with Crippen LogP contribution in [0.5, 0.6) is 0 Å². The van der Waals surface area contributed by atoms with Gasteiger partial charge in [-0.1, -0.05) is 305 Å². The summed E-state index contributed by atoms with van der Waals surface area (Å²) in [6, 6.07) is -1.03. The average molecular weight is 1220 g/mol. The second-order valence-electron chi connectivity index (χ2n) is 24.9. The van der Waals surface area contributed by atoms with E-state index in [1.807, 2.05) is 6.08 Å². The molecule has 1 saturated heterocycles. The summed E-state index contributed by atoms with van der Waals surface area (Å²) >= 11 is 0. The van der Waals surface area contributed by atoms with E-state index in [2.05, 4.69) is 99.0 Å². The van der Waals surface area contributed by atoms with Crippen LogP contribution in [0.1, 0.15) is 323 Å². The lowest BCUT2D eigenvalue weighted by Crippen LogP contribution is -2.61. The fourth-order valence-corrected chi connectivity index (χ4v) is 11.1. The SMILES string of the molecule is CC/C=C\C/C=C\C/C=C\C/C=C\C/C=C\CCCCCCCCCCCCCC(=O)OC1C(OCC(NC(=O)C(O)CCCCCCCCCC/C=C/CCCCCCCC)C(O)/C=C/CCCCCCCCCCCCC)OC(CO)C(O)C1O. The van der Waals surface area contributed by atoms with Crippen LogP contribution in [-0.4, -0.2) is 99.6 Å². The lowest BCUT2D eigenvalue weighted by molar-refractivity contribution is -0.305. The molecule has 1 aliphatic rings. The van der Waals surface area contributed by atoms with E-state index < -0.39 is 67.4 Å². The summed E-state index contributed by atoms with van der Waals surface area (Å²) in [6.07, 6.45) is 73.3. The van der Waals surface area contributed by atoms with Crippen molar-refractivity contribution in [2.45, 2.75) is 372 Å². The molecule has 0 radical (unpaired) electrons. The number of hydrogen-bond donors (Lipinski definition) is 6. The molecule has 1 heterocycles. The molecule has 0 aliphatic carbocycles. The standard InChI is InChI=1S/C76H135NO10/c1-4-7-10-13-16-19-22-25-27-29-31-32-33-34-35-36-37-38-39-41-43-46-49-52-55-58-61-64-71(81)87-74-73(83)72(82)70(65-78)86-76(74)85-66-67(68(79)62-59-56-53-50-47-44-24-21-18-15-12-9-6-3)77-75(84)69(80)63-60-57-54-51-48-45-42-40-30-28-26-23-20-17-14-11-8-5-2/h7,10,16,19,25-28,31-32,34-35,59,62,67-70,72-74,76,78-80,82-83H,4-6,8-9,11-15,17-18,20-24,29-30,33,36-58,60-61,63-66H2,1-3H3,(H,77,84)/b10-7-,19-16-,27-25-,28-26+,32-31-,35-34-,62-59+. The molecule has 11 heteroatoms. The van der Waals surface area contributed by atoms with E-state index in [0.717, 1.165) is 103 Å². The molecule has 1 fully saturated rings. The van der Waals surface area contributed by atoms with Crippen molar-refractivity contribution in [2.75, 3.05) is 13.2 Å². The van der Waals surface area contributed by atoms with E-state index in [4.69, 9.17) is 14.2 Å². The summed E-state index contributed by atoms with van der Waals surface area (Å²) in [5.41, 5.74) is 0. The predicted molar refractivity (Wildman–Crippen MR) is 366 cm³/mol. The van der Waals surface area contributed by atoms with Crippen molar-refractivity contribution >= 4 is 11.9 Å². The van der Waals surface area contributed by atoms with Gasteiger partial charge in [-0.05, 0) is 96.3 Å². The zero-order valence-electron chi connectivity index (χ0n) is 56.1. The van der Waals surface area contributed by atoms with Gasteiger partial charge in [-0.2, -0.15) is 0 Å². The van der Waals surface area contributed by atoms with Crippen molar-refractivity contribution in [3.63, 3.8) is 0 Å². The van der Waals surface area contributed by atoms with E-state index >= 15 is 0 Å². The second kappa shape index (κ2) is 63.0. The van der Waals surface area contributed by atoms with E-state index in [9.17, 15) is 35.1 Å². The summed E-state index contributed by atoms with van der Waals surface area (Å²) in [5.74, 6) is -1.19. The van der Waals surface area contributed by atoms with E-state index in [-0.39, 0.29) is 19.4 Å². The zero-order chi connectivity index (χ0) is 63.1. The lowest BCUT2D eigenvalue weighted by Gasteiger charge is -2.41. The van der Waals surface area contributed by atoms with Gasteiger partial charge >= 0.3 is 5.97 Å². The van der Waals surface area contributed by atoms with Gasteiger partial charge in [-0.25, -0.2) is 0 Å². The predicted octanol–water partition coefficient (Wildman–Crippen LogP) is 18.8. The number of unbranched alkanes of at least 4 members (excludes halogenated alkanes) is 36. The van der Waals surface area contributed by atoms with Gasteiger partial charge < -0.3 is 45.1 Å². The van der Waals surface area contributed by atoms with Gasteiger partial charge in [0, 0.05) is 6.42 Å². The third-order valence-corrected chi connectivity index (χ3v) is 16.8. The van der Waals surface area contributed by atoms with Crippen LogP contribution in [0.4, 0.5) is 0 Å². The van der Waals surface area contributed by atoms with Gasteiger partial charge in [0.15, 0.2) is 12.4 Å². The summed E-state index contributed by atoms with van der Waals surface area (Å²) in [4.78, 5) is 26.7. The van der Waals surface area contributed by atoms with E-state index in [0.29, 0.717) is 12.8 Å². The van der Waals surface area contributed by atoms with E-state index in [1.54, 1.807) is 6.08 Å². The Balaban J connectivity index is 2.56. The highest BCUT2D eigenvalue weighted by Crippen LogP contribution is 2.26. The Morgan fingerprint density at radius 1 is 0.460 bits per heavy atom. The highest BCUT2D eigenvalue weighted by molar-refractivity contribution is 5.80. The third-order valence-electron chi connectivity index (χ3n) is 16.8. The first-order chi connectivity index (χ1) is 42.7. The largest absolute Gasteiger partial charge is 0.454 e. The first kappa shape index (κ1) is 81.9. The molecule has 0 saturated carbocycles. The van der Waals surface area contributed by atoms with Gasteiger partial charge in [0.2, 0.25) is 5.91 Å². The number of aliphatic hydroxyl groups excluding tert-OH is 5. The molecule has 1 rings (SSSR count). The molecular weight excluding hydrogens is 1090 g/mol. The third kappa shape index (κ3) is 50.2. The number of esters is 1. The Labute approximate surface area is 533 Å². The first-order valence-corrected chi connectivity index (χ1v) is 36.4. The van der Waals surface area contributed by atoms with Crippen LogP contribution in [0.25, 0.3) is 0 Å². The van der Waals surface area contributed by atoms with Crippen molar-refractivity contribution in [1.82, 2.24) is 5.32 Å². The summed E-state index contributed by atoms with van der Waals surface area (Å²) in [6.45, 7) is 5.71. The molecule has 1 amide bonds. The molecule has 0 aromatic heterocycles. The normalized spacial score (nSPS) is 18.7. The average Bonchev–Trinajstić information content (AvgIpc) is 2.51. The molecule has 8 unspecified atom stereocenters. The summed E-state index contributed by atoms with van der Waals surface area (Å²) in [7, 11) is 0. The van der Waals surface area contributed by atoms with Gasteiger partial charge in [0.25, 0.3) is 0 Å². The van der Waals surface area contributed by atoms with Crippen LogP contribution in [0.15, 0.2) is 85.1 Å². The fourth-order valence-electron chi connectivity index (χ4n) is 11.1. The number of rotatable bonds is 62. The number of carbonyl (C=O) groups is 2. The number of amides is 1. The van der Waals surface area contributed by atoms with Crippen molar-refractivity contribution < 1.29 is 49.3 Å². The van der Waals surface area contributed by atoms with Crippen LogP contribution in [-0.2, 0) is 23.8 Å². The summed E-state index contributed by atoms with van der Waals surface area (Å²) in [5, 5.41) is 57.3. The minimum absolute atomic E-state index is 0.117. The number of ether oxygens (including phenoxy) is 3. The maximum absolute atomic E-state index is 13.5. The van der Waals surface area contributed by atoms with Crippen molar-refractivity contribution in [2.24, 2.45) is 0 Å². The molecule has 504 valence electrons. The number of carbonyl (C=O) groups excluding carboxylic acids is 2. The fraction of sp³-hybridized carbons (Fsp3) is 0.789. The number of nitrogens with one attached hydrogen (secondary N) is 1. The van der Waals surface area contributed by atoms with Gasteiger partial charge in [-0.3, -0.25) is 9.59 Å². The second-order valence-corrected chi connectivity index (χ2v) is 24.9. The molecule has 0 spiro atoms. The Morgan fingerprint density at radius 3 is 1.25 bits per heavy atom. The van der Waals surface area contributed by atoms with Crippen LogP contribution in [0.2, 0.25) is 0 Å². The maximum atomic E-state index is 13.5. The minimum atomic E-state index is -1.62. The molecule has 0 bridgehead atoms.